The first-order valence-corrected chi connectivity index (χ1v) is 6.33. The minimum Gasteiger partial charge on any atom is -0.504 e. The average molecular weight is 289 g/mol. The lowest BCUT2D eigenvalue weighted by Gasteiger charge is -2.04. The normalized spacial score (nSPS) is 10.7. The maximum atomic E-state index is 12.0. The van der Waals surface area contributed by atoms with Gasteiger partial charge < -0.3 is 9.84 Å². The molecule has 0 unspecified atom stereocenters. The van der Waals surface area contributed by atoms with Gasteiger partial charge in [-0.05, 0) is 42.0 Å². The van der Waals surface area contributed by atoms with E-state index < -0.39 is 0 Å². The third-order valence-corrected chi connectivity index (χ3v) is 3.01. The summed E-state index contributed by atoms with van der Waals surface area (Å²) in [5.74, 6) is 0.111. The number of phenols is 1. The Morgan fingerprint density at radius 2 is 1.90 bits per heavy atom. The predicted octanol–water partition coefficient (Wildman–Crippen LogP) is 3.95. The van der Waals surface area contributed by atoms with E-state index in [4.69, 9.17) is 16.3 Å². The van der Waals surface area contributed by atoms with Gasteiger partial charge in [-0.2, -0.15) is 0 Å². The Labute approximate surface area is 122 Å². The fraction of sp³-hybridized carbons (Fsp3) is 0.0625. The van der Waals surface area contributed by atoms with Crippen molar-refractivity contribution in [1.82, 2.24) is 0 Å². The van der Waals surface area contributed by atoms with Crippen LogP contribution >= 0.6 is 11.6 Å². The monoisotopic (exact) mass is 288 g/mol. The van der Waals surface area contributed by atoms with Crippen LogP contribution in [0.3, 0.4) is 0 Å². The van der Waals surface area contributed by atoms with E-state index in [1.54, 1.807) is 24.3 Å². The van der Waals surface area contributed by atoms with Crippen LogP contribution in [-0.2, 0) is 0 Å². The van der Waals surface area contributed by atoms with Gasteiger partial charge in [-0.25, -0.2) is 0 Å². The van der Waals surface area contributed by atoms with Gasteiger partial charge in [0.1, 0.15) is 0 Å². The molecule has 0 saturated heterocycles. The molecule has 0 heterocycles. The molecule has 1 N–H and O–H groups in total. The SMILES string of the molecule is COc1cc(C(=O)/C=C/c2ccc(Cl)cc2)ccc1O. The van der Waals surface area contributed by atoms with Crippen LogP contribution in [0.25, 0.3) is 6.08 Å². The van der Waals surface area contributed by atoms with Gasteiger partial charge in [-0.3, -0.25) is 4.79 Å². The number of benzene rings is 2. The first-order valence-electron chi connectivity index (χ1n) is 5.95. The van der Waals surface area contributed by atoms with Gasteiger partial charge in [0.15, 0.2) is 17.3 Å². The number of ether oxygens (including phenoxy) is 1. The smallest absolute Gasteiger partial charge is 0.185 e. The number of carbonyl (C=O) groups is 1. The molecule has 0 aliphatic heterocycles. The highest BCUT2D eigenvalue weighted by Crippen LogP contribution is 2.26. The number of methoxy groups -OCH3 is 1. The Kier molecular flexibility index (Phi) is 4.43. The Bertz CT molecular complexity index is 645. The van der Waals surface area contributed by atoms with Crippen molar-refractivity contribution in [2.45, 2.75) is 0 Å². The summed E-state index contributed by atoms with van der Waals surface area (Å²) >= 11 is 5.79. The summed E-state index contributed by atoms with van der Waals surface area (Å²) in [7, 11) is 1.44. The molecule has 0 radical (unpaired) electrons. The number of hydrogen-bond donors (Lipinski definition) is 1. The van der Waals surface area contributed by atoms with Crippen molar-refractivity contribution in [2.24, 2.45) is 0 Å². The van der Waals surface area contributed by atoms with Crippen molar-refractivity contribution in [1.29, 1.82) is 0 Å². The molecule has 4 heteroatoms. The van der Waals surface area contributed by atoms with Crippen molar-refractivity contribution in [3.8, 4) is 11.5 Å². The second-order valence-electron chi connectivity index (χ2n) is 4.14. The van der Waals surface area contributed by atoms with Crippen molar-refractivity contribution >= 4 is 23.5 Å². The molecule has 0 aliphatic rings. The first kappa shape index (κ1) is 14.2. The number of phenolic OH excluding ortho intramolecular Hbond substituents is 1. The molecule has 102 valence electrons. The second kappa shape index (κ2) is 6.26. The van der Waals surface area contributed by atoms with E-state index >= 15 is 0 Å². The number of aromatic hydroxyl groups is 1. The largest absolute Gasteiger partial charge is 0.504 e. The summed E-state index contributed by atoms with van der Waals surface area (Å²) < 4.78 is 4.97. The van der Waals surface area contributed by atoms with Crippen molar-refractivity contribution < 1.29 is 14.6 Å². The van der Waals surface area contributed by atoms with Crippen molar-refractivity contribution in [3.05, 3.63) is 64.7 Å². The summed E-state index contributed by atoms with van der Waals surface area (Å²) in [6.07, 6.45) is 3.17. The Morgan fingerprint density at radius 1 is 1.20 bits per heavy atom. The van der Waals surface area contributed by atoms with Gasteiger partial charge in [-0.1, -0.05) is 29.8 Å². The molecule has 2 rings (SSSR count). The van der Waals surface area contributed by atoms with Gasteiger partial charge in [0.05, 0.1) is 7.11 Å². The van der Waals surface area contributed by atoms with Crippen LogP contribution in [-0.4, -0.2) is 18.0 Å². The molecule has 0 spiro atoms. The van der Waals surface area contributed by atoms with E-state index in [0.29, 0.717) is 10.6 Å². The van der Waals surface area contributed by atoms with Crippen LogP contribution in [0, 0.1) is 0 Å². The summed E-state index contributed by atoms with van der Waals surface area (Å²) in [6, 6.07) is 11.6. The van der Waals surface area contributed by atoms with Gasteiger partial charge in [-0.15, -0.1) is 0 Å². The molecule has 0 aliphatic carbocycles. The molecule has 2 aromatic rings. The molecule has 0 bridgehead atoms. The Hall–Kier alpha value is -2.26. The molecular weight excluding hydrogens is 276 g/mol. The number of ketones is 1. The molecule has 3 nitrogen and oxygen atoms in total. The fourth-order valence-corrected chi connectivity index (χ4v) is 1.80. The average Bonchev–Trinajstić information content (AvgIpc) is 2.47. The summed E-state index contributed by atoms with van der Waals surface area (Å²) in [5, 5.41) is 10.1. The fourth-order valence-electron chi connectivity index (χ4n) is 1.67. The highest BCUT2D eigenvalue weighted by atomic mass is 35.5. The minimum atomic E-state index is -0.168. The second-order valence-corrected chi connectivity index (χ2v) is 4.57. The van der Waals surface area contributed by atoms with E-state index in [2.05, 4.69) is 0 Å². The molecule has 0 amide bonds. The maximum absolute atomic E-state index is 12.0. The Morgan fingerprint density at radius 3 is 2.55 bits per heavy atom. The lowest BCUT2D eigenvalue weighted by Crippen LogP contribution is -1.95. The number of rotatable bonds is 4. The van der Waals surface area contributed by atoms with E-state index in [1.165, 1.54) is 25.3 Å². The van der Waals surface area contributed by atoms with Gasteiger partial charge >= 0.3 is 0 Å². The van der Waals surface area contributed by atoms with Crippen LogP contribution in [0.2, 0.25) is 5.02 Å². The molecule has 0 atom stereocenters. The zero-order chi connectivity index (χ0) is 14.5. The highest BCUT2D eigenvalue weighted by molar-refractivity contribution is 6.30. The Balaban J connectivity index is 2.17. The molecule has 20 heavy (non-hydrogen) atoms. The lowest BCUT2D eigenvalue weighted by atomic mass is 10.1. The van der Waals surface area contributed by atoms with Crippen molar-refractivity contribution in [3.63, 3.8) is 0 Å². The number of carbonyl (C=O) groups excluding carboxylic acids is 1. The zero-order valence-electron chi connectivity index (χ0n) is 10.8. The topological polar surface area (TPSA) is 46.5 Å². The van der Waals surface area contributed by atoms with E-state index in [-0.39, 0.29) is 17.3 Å². The van der Waals surface area contributed by atoms with Gasteiger partial charge in [0, 0.05) is 10.6 Å². The lowest BCUT2D eigenvalue weighted by molar-refractivity contribution is 0.104. The van der Waals surface area contributed by atoms with Gasteiger partial charge in [0.2, 0.25) is 0 Å². The third kappa shape index (κ3) is 3.39. The highest BCUT2D eigenvalue weighted by Gasteiger charge is 2.07. The van der Waals surface area contributed by atoms with Crippen LogP contribution in [0.15, 0.2) is 48.5 Å². The van der Waals surface area contributed by atoms with Crippen LogP contribution < -0.4 is 4.74 Å². The molecule has 0 aromatic heterocycles. The van der Waals surface area contributed by atoms with Crippen LogP contribution in [0.4, 0.5) is 0 Å². The van der Waals surface area contributed by atoms with Crippen molar-refractivity contribution in [2.75, 3.05) is 7.11 Å². The predicted molar refractivity (Wildman–Crippen MR) is 79.5 cm³/mol. The first-order chi connectivity index (χ1) is 9.60. The summed E-state index contributed by atoms with van der Waals surface area (Å²) in [5.41, 5.74) is 1.33. The maximum Gasteiger partial charge on any atom is 0.185 e. The number of hydrogen-bond acceptors (Lipinski definition) is 3. The van der Waals surface area contributed by atoms with Gasteiger partial charge in [0.25, 0.3) is 0 Å². The minimum absolute atomic E-state index is 0.00531. The van der Waals surface area contributed by atoms with E-state index in [0.717, 1.165) is 5.56 Å². The molecule has 0 fully saturated rings. The third-order valence-electron chi connectivity index (χ3n) is 2.76. The summed E-state index contributed by atoms with van der Waals surface area (Å²) in [4.78, 5) is 12.0. The quantitative estimate of drug-likeness (QED) is 0.684. The number of halogens is 1. The van der Waals surface area contributed by atoms with Crippen LogP contribution in [0.1, 0.15) is 15.9 Å². The van der Waals surface area contributed by atoms with Crippen LogP contribution in [0.5, 0.6) is 11.5 Å². The van der Waals surface area contributed by atoms with E-state index in [1.807, 2.05) is 12.1 Å². The standard InChI is InChI=1S/C16H13ClO3/c1-20-16-10-12(5-9-15(16)19)14(18)8-4-11-2-6-13(17)7-3-11/h2-10,19H,1H3/b8-4+. The zero-order valence-corrected chi connectivity index (χ0v) is 11.6. The van der Waals surface area contributed by atoms with E-state index in [9.17, 15) is 9.90 Å². The number of allylic oxidation sites excluding steroid dienone is 1. The summed E-state index contributed by atoms with van der Waals surface area (Å²) in [6.45, 7) is 0. The molecular formula is C16H13ClO3. The molecule has 0 saturated carbocycles. The molecule has 2 aromatic carbocycles.